The summed E-state index contributed by atoms with van der Waals surface area (Å²) in [7, 11) is 2.00. The molecule has 2 rings (SSSR count). The average Bonchev–Trinajstić information content (AvgIpc) is 2.48. The van der Waals surface area contributed by atoms with Crippen molar-refractivity contribution in [1.29, 1.82) is 0 Å². The van der Waals surface area contributed by atoms with Crippen molar-refractivity contribution >= 4 is 11.7 Å². The van der Waals surface area contributed by atoms with E-state index in [0.29, 0.717) is 26.4 Å². The van der Waals surface area contributed by atoms with Crippen LogP contribution in [0, 0.1) is 5.41 Å². The monoisotopic (exact) mass is 277 g/mol. The Kier molecular flexibility index (Phi) is 5.01. The quantitative estimate of drug-likeness (QED) is 0.775. The third-order valence-electron chi connectivity index (χ3n) is 3.95. The van der Waals surface area contributed by atoms with Gasteiger partial charge in [-0.1, -0.05) is 18.2 Å². The molecule has 1 saturated heterocycles. The number of likely N-dealkylation sites (N-methyl/N-ethyl adjacent to an activating group) is 1. The molecule has 1 fully saturated rings. The van der Waals surface area contributed by atoms with E-state index in [9.17, 15) is 4.79 Å². The summed E-state index contributed by atoms with van der Waals surface area (Å²) < 4.78 is 10.7. The first kappa shape index (κ1) is 14.9. The van der Waals surface area contributed by atoms with Gasteiger partial charge in [0.2, 0.25) is 0 Å². The van der Waals surface area contributed by atoms with Crippen molar-refractivity contribution in [2.45, 2.75) is 19.8 Å². The first-order valence-electron chi connectivity index (χ1n) is 7.13. The number of nitrogens with zero attached hydrogens (tertiary/aromatic N) is 1. The van der Waals surface area contributed by atoms with Gasteiger partial charge in [0.1, 0.15) is 6.61 Å². The molecule has 1 aromatic carbocycles. The van der Waals surface area contributed by atoms with E-state index in [0.717, 1.165) is 18.5 Å². The highest BCUT2D eigenvalue weighted by Crippen LogP contribution is 2.31. The Morgan fingerprint density at radius 3 is 2.60 bits per heavy atom. The lowest BCUT2D eigenvalue weighted by Gasteiger charge is -2.31. The minimum atomic E-state index is -0.371. The van der Waals surface area contributed by atoms with Crippen LogP contribution in [0.3, 0.4) is 0 Å². The molecule has 4 heteroatoms. The predicted molar refractivity (Wildman–Crippen MR) is 78.8 cm³/mol. The molecule has 1 aromatic rings. The topological polar surface area (TPSA) is 38.8 Å². The van der Waals surface area contributed by atoms with Crippen LogP contribution in [0.4, 0.5) is 5.69 Å². The molecule has 0 amide bonds. The molecule has 1 heterocycles. The van der Waals surface area contributed by atoms with Gasteiger partial charge in [-0.25, -0.2) is 0 Å². The minimum absolute atomic E-state index is 0.0951. The number of anilines is 1. The summed E-state index contributed by atoms with van der Waals surface area (Å²) in [5.41, 5.74) is 0.754. The Hall–Kier alpha value is -1.55. The zero-order chi connectivity index (χ0) is 14.4. The molecular formula is C16H23NO3. The Balaban J connectivity index is 1.76. The fourth-order valence-corrected chi connectivity index (χ4v) is 2.29. The van der Waals surface area contributed by atoms with Crippen LogP contribution in [-0.2, 0) is 14.3 Å². The zero-order valence-corrected chi connectivity index (χ0v) is 12.3. The maximum absolute atomic E-state index is 12.1. The fraction of sp³-hybridized carbons (Fsp3) is 0.562. The normalized spacial score (nSPS) is 17.5. The van der Waals surface area contributed by atoms with Crippen molar-refractivity contribution in [3.8, 4) is 0 Å². The fourth-order valence-electron chi connectivity index (χ4n) is 2.29. The number of hydrogen-bond acceptors (Lipinski definition) is 4. The van der Waals surface area contributed by atoms with Gasteiger partial charge in [-0.05, 0) is 31.9 Å². The Bertz CT molecular complexity index is 427. The summed E-state index contributed by atoms with van der Waals surface area (Å²) in [6, 6.07) is 10.1. The summed E-state index contributed by atoms with van der Waals surface area (Å²) in [4.78, 5) is 14.2. The molecule has 0 aromatic heterocycles. The van der Waals surface area contributed by atoms with Crippen LogP contribution in [0.5, 0.6) is 0 Å². The van der Waals surface area contributed by atoms with Gasteiger partial charge in [0.05, 0.1) is 12.0 Å². The predicted octanol–water partition coefficient (Wildman–Crippen LogP) is 2.48. The number of ether oxygens (including phenoxy) is 2. The summed E-state index contributed by atoms with van der Waals surface area (Å²) in [6.07, 6.45) is 1.50. The number of para-hydroxylation sites is 1. The molecule has 20 heavy (non-hydrogen) atoms. The van der Waals surface area contributed by atoms with E-state index < -0.39 is 0 Å². The van der Waals surface area contributed by atoms with Crippen molar-refractivity contribution in [2.24, 2.45) is 5.41 Å². The summed E-state index contributed by atoms with van der Waals surface area (Å²) in [6.45, 7) is 4.38. The SMILES string of the molecule is CN(CCOC(=O)C1(C)CCOCC1)c1ccccc1. The van der Waals surface area contributed by atoms with E-state index in [1.807, 2.05) is 44.3 Å². The molecule has 0 aliphatic carbocycles. The second kappa shape index (κ2) is 6.75. The molecule has 0 N–H and O–H groups in total. The first-order chi connectivity index (χ1) is 9.62. The molecule has 0 spiro atoms. The molecule has 1 aliphatic rings. The van der Waals surface area contributed by atoms with Crippen LogP contribution in [0.1, 0.15) is 19.8 Å². The van der Waals surface area contributed by atoms with E-state index in [4.69, 9.17) is 9.47 Å². The van der Waals surface area contributed by atoms with Gasteiger partial charge in [-0.2, -0.15) is 0 Å². The van der Waals surface area contributed by atoms with Gasteiger partial charge in [-0.15, -0.1) is 0 Å². The lowest BCUT2D eigenvalue weighted by molar-refractivity contribution is -0.160. The van der Waals surface area contributed by atoms with Crippen molar-refractivity contribution in [3.63, 3.8) is 0 Å². The second-order valence-electron chi connectivity index (χ2n) is 5.57. The van der Waals surface area contributed by atoms with Crippen molar-refractivity contribution in [2.75, 3.05) is 38.3 Å². The smallest absolute Gasteiger partial charge is 0.312 e. The van der Waals surface area contributed by atoms with Crippen LogP contribution < -0.4 is 4.90 Å². The molecular weight excluding hydrogens is 254 g/mol. The van der Waals surface area contributed by atoms with Gasteiger partial charge in [0, 0.05) is 25.9 Å². The van der Waals surface area contributed by atoms with Gasteiger partial charge in [0.15, 0.2) is 0 Å². The number of carbonyl (C=O) groups excluding carboxylic acids is 1. The average molecular weight is 277 g/mol. The van der Waals surface area contributed by atoms with E-state index in [2.05, 4.69) is 4.90 Å². The highest BCUT2D eigenvalue weighted by molar-refractivity contribution is 5.76. The first-order valence-corrected chi connectivity index (χ1v) is 7.13. The van der Waals surface area contributed by atoms with Gasteiger partial charge in [-0.3, -0.25) is 4.79 Å². The van der Waals surface area contributed by atoms with Gasteiger partial charge >= 0.3 is 5.97 Å². The highest BCUT2D eigenvalue weighted by Gasteiger charge is 2.36. The molecule has 0 atom stereocenters. The van der Waals surface area contributed by atoms with E-state index in [-0.39, 0.29) is 11.4 Å². The Morgan fingerprint density at radius 1 is 1.30 bits per heavy atom. The third kappa shape index (κ3) is 3.73. The number of hydrogen-bond donors (Lipinski definition) is 0. The third-order valence-corrected chi connectivity index (χ3v) is 3.95. The maximum atomic E-state index is 12.1. The van der Waals surface area contributed by atoms with Crippen molar-refractivity contribution in [3.05, 3.63) is 30.3 Å². The largest absolute Gasteiger partial charge is 0.463 e. The lowest BCUT2D eigenvalue weighted by Crippen LogP contribution is -2.37. The highest BCUT2D eigenvalue weighted by atomic mass is 16.5. The van der Waals surface area contributed by atoms with Crippen LogP contribution in [0.2, 0.25) is 0 Å². The molecule has 4 nitrogen and oxygen atoms in total. The second-order valence-corrected chi connectivity index (χ2v) is 5.57. The van der Waals surface area contributed by atoms with E-state index >= 15 is 0 Å². The van der Waals surface area contributed by atoms with E-state index in [1.165, 1.54) is 0 Å². The number of carbonyl (C=O) groups is 1. The summed E-state index contributed by atoms with van der Waals surface area (Å²) in [5, 5.41) is 0. The number of rotatable bonds is 5. The molecule has 0 radical (unpaired) electrons. The standard InChI is InChI=1S/C16H23NO3/c1-16(8-11-19-12-9-16)15(18)20-13-10-17(2)14-6-4-3-5-7-14/h3-7H,8-13H2,1-2H3. The van der Waals surface area contributed by atoms with Crippen molar-refractivity contribution < 1.29 is 14.3 Å². The van der Waals surface area contributed by atoms with Crippen LogP contribution >= 0.6 is 0 Å². The van der Waals surface area contributed by atoms with Crippen LogP contribution in [0.15, 0.2) is 30.3 Å². The molecule has 0 unspecified atom stereocenters. The number of esters is 1. The molecule has 1 aliphatic heterocycles. The zero-order valence-electron chi connectivity index (χ0n) is 12.3. The van der Waals surface area contributed by atoms with Gasteiger partial charge < -0.3 is 14.4 Å². The molecule has 110 valence electrons. The Labute approximate surface area is 120 Å². The van der Waals surface area contributed by atoms with Crippen molar-refractivity contribution in [1.82, 2.24) is 0 Å². The number of benzene rings is 1. The van der Waals surface area contributed by atoms with Crippen LogP contribution in [-0.4, -0.2) is 39.4 Å². The summed E-state index contributed by atoms with van der Waals surface area (Å²) >= 11 is 0. The maximum Gasteiger partial charge on any atom is 0.312 e. The minimum Gasteiger partial charge on any atom is -0.463 e. The molecule has 0 bridgehead atoms. The van der Waals surface area contributed by atoms with Crippen LogP contribution in [0.25, 0.3) is 0 Å². The van der Waals surface area contributed by atoms with Gasteiger partial charge in [0.25, 0.3) is 0 Å². The molecule has 0 saturated carbocycles. The lowest BCUT2D eigenvalue weighted by atomic mass is 9.82. The van der Waals surface area contributed by atoms with E-state index in [1.54, 1.807) is 0 Å². The summed E-state index contributed by atoms with van der Waals surface area (Å²) in [5.74, 6) is -0.0951. The Morgan fingerprint density at radius 2 is 1.95 bits per heavy atom.